The molecule has 1 N–H and O–H groups in total. The van der Waals surface area contributed by atoms with E-state index >= 15 is 0 Å². The highest BCUT2D eigenvalue weighted by atomic mass is 16.5. The molecule has 0 fully saturated rings. The highest BCUT2D eigenvalue weighted by molar-refractivity contribution is 5.37. The van der Waals surface area contributed by atoms with Gasteiger partial charge in [0.05, 0.1) is 6.61 Å². The molecule has 2 nitrogen and oxygen atoms in total. The molecule has 0 radical (unpaired) electrons. The monoisotopic (exact) mass is 266 g/mol. The number of aliphatic hydroxyl groups excluding tert-OH is 1. The summed E-state index contributed by atoms with van der Waals surface area (Å²) >= 11 is 0. The predicted molar refractivity (Wildman–Crippen MR) is 80.5 cm³/mol. The minimum atomic E-state index is 0.100. The SMILES string of the molecule is Cc1cccc(OCc2cccc(C#CCCO)c2)c1. The molecule has 0 atom stereocenters. The van der Waals surface area contributed by atoms with Crippen molar-refractivity contribution >= 4 is 0 Å². The molecule has 0 heterocycles. The van der Waals surface area contributed by atoms with E-state index in [1.807, 2.05) is 55.5 Å². The van der Waals surface area contributed by atoms with Crippen LogP contribution in [0.25, 0.3) is 0 Å². The lowest BCUT2D eigenvalue weighted by Gasteiger charge is -2.07. The molecule has 20 heavy (non-hydrogen) atoms. The fourth-order valence-corrected chi connectivity index (χ4v) is 1.83. The van der Waals surface area contributed by atoms with E-state index in [0.717, 1.165) is 16.9 Å². The summed E-state index contributed by atoms with van der Waals surface area (Å²) in [7, 11) is 0. The Balaban J connectivity index is 2.00. The Bertz CT molecular complexity index is 621. The van der Waals surface area contributed by atoms with E-state index in [2.05, 4.69) is 11.8 Å². The van der Waals surface area contributed by atoms with Crippen LogP contribution < -0.4 is 4.74 Å². The molecule has 0 aliphatic rings. The number of aliphatic hydroxyl groups is 1. The van der Waals surface area contributed by atoms with E-state index in [0.29, 0.717) is 13.0 Å². The fourth-order valence-electron chi connectivity index (χ4n) is 1.83. The molecule has 2 aromatic rings. The zero-order valence-electron chi connectivity index (χ0n) is 11.6. The van der Waals surface area contributed by atoms with Gasteiger partial charge in [-0.2, -0.15) is 0 Å². The number of ether oxygens (including phenoxy) is 1. The summed E-state index contributed by atoms with van der Waals surface area (Å²) < 4.78 is 5.77. The lowest BCUT2D eigenvalue weighted by Crippen LogP contribution is -1.96. The van der Waals surface area contributed by atoms with Gasteiger partial charge >= 0.3 is 0 Å². The van der Waals surface area contributed by atoms with Crippen LogP contribution in [0.15, 0.2) is 48.5 Å². The number of hydrogen-bond acceptors (Lipinski definition) is 2. The largest absolute Gasteiger partial charge is 0.489 e. The molecule has 0 aromatic heterocycles. The van der Waals surface area contributed by atoms with Gasteiger partial charge < -0.3 is 9.84 Å². The number of aryl methyl sites for hydroxylation is 1. The highest BCUT2D eigenvalue weighted by Crippen LogP contribution is 2.15. The average Bonchev–Trinajstić information content (AvgIpc) is 2.46. The van der Waals surface area contributed by atoms with Gasteiger partial charge in [-0.15, -0.1) is 0 Å². The maximum atomic E-state index is 8.71. The maximum absolute atomic E-state index is 8.71. The third-order valence-electron chi connectivity index (χ3n) is 2.79. The smallest absolute Gasteiger partial charge is 0.120 e. The Morgan fingerprint density at radius 3 is 2.75 bits per heavy atom. The summed E-state index contributed by atoms with van der Waals surface area (Å²) in [5.74, 6) is 6.82. The molecular formula is C18H18O2. The molecule has 0 spiro atoms. The highest BCUT2D eigenvalue weighted by Gasteiger charge is 1.97. The summed E-state index contributed by atoms with van der Waals surface area (Å²) in [6.45, 7) is 2.67. The van der Waals surface area contributed by atoms with E-state index in [4.69, 9.17) is 9.84 Å². The van der Waals surface area contributed by atoms with Crippen molar-refractivity contribution in [3.63, 3.8) is 0 Å². The standard InChI is InChI=1S/C18H18O2/c1-15-6-4-10-18(12-15)20-14-17-9-5-8-16(13-17)7-2-3-11-19/h4-6,8-10,12-13,19H,3,11,14H2,1H3. The normalized spacial score (nSPS) is 9.70. The third kappa shape index (κ3) is 4.46. The average molecular weight is 266 g/mol. The van der Waals surface area contributed by atoms with Crippen LogP contribution in [0, 0.1) is 18.8 Å². The Morgan fingerprint density at radius 2 is 1.95 bits per heavy atom. The van der Waals surface area contributed by atoms with Gasteiger partial charge in [0, 0.05) is 12.0 Å². The molecule has 2 aromatic carbocycles. The first-order valence-corrected chi connectivity index (χ1v) is 6.66. The van der Waals surface area contributed by atoms with Crippen LogP contribution in [0.5, 0.6) is 5.75 Å². The lowest BCUT2D eigenvalue weighted by molar-refractivity contribution is 0.305. The van der Waals surface area contributed by atoms with Gasteiger partial charge in [0.2, 0.25) is 0 Å². The van der Waals surface area contributed by atoms with Crippen molar-refractivity contribution in [2.24, 2.45) is 0 Å². The van der Waals surface area contributed by atoms with Crippen LogP contribution in [0.2, 0.25) is 0 Å². The van der Waals surface area contributed by atoms with Crippen LogP contribution in [-0.2, 0) is 6.61 Å². The van der Waals surface area contributed by atoms with Gasteiger partial charge in [-0.3, -0.25) is 0 Å². The summed E-state index contributed by atoms with van der Waals surface area (Å²) in [6, 6.07) is 16.0. The minimum absolute atomic E-state index is 0.100. The van der Waals surface area contributed by atoms with Gasteiger partial charge in [-0.05, 0) is 42.3 Å². The quantitative estimate of drug-likeness (QED) is 0.860. The van der Waals surface area contributed by atoms with E-state index in [1.54, 1.807) is 0 Å². The van der Waals surface area contributed by atoms with E-state index in [9.17, 15) is 0 Å². The summed E-state index contributed by atoms with van der Waals surface area (Å²) in [5.41, 5.74) is 3.22. The molecule has 2 rings (SSSR count). The van der Waals surface area contributed by atoms with Crippen molar-refractivity contribution in [3.05, 3.63) is 65.2 Å². The topological polar surface area (TPSA) is 29.5 Å². The molecule has 0 saturated heterocycles. The second kappa shape index (κ2) is 7.37. The number of rotatable bonds is 4. The molecule has 0 aliphatic heterocycles. The Hall–Kier alpha value is -2.24. The van der Waals surface area contributed by atoms with Crippen LogP contribution in [-0.4, -0.2) is 11.7 Å². The zero-order chi connectivity index (χ0) is 14.2. The second-order valence-electron chi connectivity index (χ2n) is 4.58. The summed E-state index contributed by atoms with van der Waals surface area (Å²) in [6.07, 6.45) is 0.504. The van der Waals surface area contributed by atoms with Gasteiger partial charge in [0.1, 0.15) is 12.4 Å². The first-order valence-electron chi connectivity index (χ1n) is 6.66. The first-order chi connectivity index (χ1) is 9.78. The van der Waals surface area contributed by atoms with Crippen molar-refractivity contribution < 1.29 is 9.84 Å². The van der Waals surface area contributed by atoms with Crippen molar-refractivity contribution in [1.29, 1.82) is 0 Å². The molecule has 0 unspecified atom stereocenters. The van der Waals surface area contributed by atoms with Crippen LogP contribution >= 0.6 is 0 Å². The van der Waals surface area contributed by atoms with Crippen molar-refractivity contribution in [1.82, 2.24) is 0 Å². The minimum Gasteiger partial charge on any atom is -0.489 e. The predicted octanol–water partition coefficient (Wildman–Crippen LogP) is 3.31. The molecule has 0 amide bonds. The molecule has 2 heteroatoms. The second-order valence-corrected chi connectivity index (χ2v) is 4.58. The van der Waals surface area contributed by atoms with Crippen LogP contribution in [0.1, 0.15) is 23.1 Å². The number of benzene rings is 2. The Labute approximate surface area is 120 Å². The van der Waals surface area contributed by atoms with Gasteiger partial charge in [0.25, 0.3) is 0 Å². The third-order valence-corrected chi connectivity index (χ3v) is 2.79. The van der Waals surface area contributed by atoms with E-state index in [-0.39, 0.29) is 6.61 Å². The van der Waals surface area contributed by atoms with Gasteiger partial charge in [0.15, 0.2) is 0 Å². The summed E-state index contributed by atoms with van der Waals surface area (Å²) in [5, 5.41) is 8.71. The van der Waals surface area contributed by atoms with Gasteiger partial charge in [-0.1, -0.05) is 36.1 Å². The van der Waals surface area contributed by atoms with Crippen LogP contribution in [0.4, 0.5) is 0 Å². The zero-order valence-corrected chi connectivity index (χ0v) is 11.6. The fraction of sp³-hybridized carbons (Fsp3) is 0.222. The van der Waals surface area contributed by atoms with Crippen LogP contribution in [0.3, 0.4) is 0 Å². The first kappa shape index (κ1) is 14.2. The molecular weight excluding hydrogens is 248 g/mol. The van der Waals surface area contributed by atoms with Crippen molar-refractivity contribution in [2.45, 2.75) is 20.0 Å². The van der Waals surface area contributed by atoms with E-state index in [1.165, 1.54) is 5.56 Å². The van der Waals surface area contributed by atoms with Crippen molar-refractivity contribution in [2.75, 3.05) is 6.61 Å². The molecule has 0 bridgehead atoms. The number of hydrogen-bond donors (Lipinski definition) is 1. The lowest BCUT2D eigenvalue weighted by atomic mass is 10.1. The Morgan fingerprint density at radius 1 is 1.10 bits per heavy atom. The van der Waals surface area contributed by atoms with Gasteiger partial charge in [-0.25, -0.2) is 0 Å². The molecule has 102 valence electrons. The maximum Gasteiger partial charge on any atom is 0.120 e. The molecule has 0 saturated carbocycles. The van der Waals surface area contributed by atoms with Crippen molar-refractivity contribution in [3.8, 4) is 17.6 Å². The molecule has 0 aliphatic carbocycles. The summed E-state index contributed by atoms with van der Waals surface area (Å²) in [4.78, 5) is 0. The van der Waals surface area contributed by atoms with E-state index < -0.39 is 0 Å². The Kier molecular flexibility index (Phi) is 5.23.